The van der Waals surface area contributed by atoms with E-state index >= 15 is 0 Å². The van der Waals surface area contributed by atoms with Crippen LogP contribution in [0, 0.1) is 0 Å². The molecule has 0 saturated carbocycles. The van der Waals surface area contributed by atoms with Gasteiger partial charge in [0.1, 0.15) is 6.61 Å². The predicted octanol–water partition coefficient (Wildman–Crippen LogP) is 1.78. The average molecular weight is 235 g/mol. The number of nitrogens with zero attached hydrogens (tertiary/aromatic N) is 1. The second kappa shape index (κ2) is 6.58. The number of hydrogen-bond donors (Lipinski definition) is 0. The Balaban J connectivity index is 2.65. The molecule has 0 unspecified atom stereocenters. The Bertz CT molecular complexity index is 385. The number of esters is 1. The summed E-state index contributed by atoms with van der Waals surface area (Å²) in [7, 11) is 4.96. The van der Waals surface area contributed by atoms with E-state index in [1.54, 1.807) is 11.1 Å². The van der Waals surface area contributed by atoms with E-state index in [-0.39, 0.29) is 5.76 Å². The van der Waals surface area contributed by atoms with E-state index < -0.39 is 5.97 Å². The SMILES string of the molecule is COC(=O)/C(=C/N(C)C)OCc1ccccc1. The number of rotatable bonds is 5. The molecule has 0 spiro atoms. The van der Waals surface area contributed by atoms with Crippen molar-refractivity contribution in [3.05, 3.63) is 47.9 Å². The minimum atomic E-state index is -0.477. The lowest BCUT2D eigenvalue weighted by molar-refractivity contribution is -0.140. The molecule has 0 amide bonds. The van der Waals surface area contributed by atoms with E-state index in [0.29, 0.717) is 6.61 Å². The van der Waals surface area contributed by atoms with Crippen LogP contribution in [-0.2, 0) is 20.9 Å². The average Bonchev–Trinajstić information content (AvgIpc) is 2.34. The number of carbonyl (C=O) groups excluding carboxylic acids is 1. The Labute approximate surface area is 101 Å². The summed E-state index contributed by atoms with van der Waals surface area (Å²) in [5.41, 5.74) is 1.00. The minimum absolute atomic E-state index is 0.196. The van der Waals surface area contributed by atoms with Gasteiger partial charge in [-0.15, -0.1) is 0 Å². The number of hydrogen-bond acceptors (Lipinski definition) is 4. The van der Waals surface area contributed by atoms with Crippen LogP contribution in [0.25, 0.3) is 0 Å². The van der Waals surface area contributed by atoms with E-state index in [1.165, 1.54) is 7.11 Å². The molecule has 0 saturated heterocycles. The fourth-order valence-electron chi connectivity index (χ4n) is 1.22. The maximum atomic E-state index is 11.4. The highest BCUT2D eigenvalue weighted by molar-refractivity contribution is 5.85. The Kier molecular flexibility index (Phi) is 5.07. The lowest BCUT2D eigenvalue weighted by atomic mass is 10.2. The summed E-state index contributed by atoms with van der Waals surface area (Å²) in [4.78, 5) is 13.2. The molecular weight excluding hydrogens is 218 g/mol. The van der Waals surface area contributed by atoms with Crippen molar-refractivity contribution in [3.8, 4) is 0 Å². The lowest BCUT2D eigenvalue weighted by Crippen LogP contribution is -2.13. The summed E-state index contributed by atoms with van der Waals surface area (Å²) in [5.74, 6) is -0.281. The molecule has 0 N–H and O–H groups in total. The van der Waals surface area contributed by atoms with Crippen molar-refractivity contribution in [1.29, 1.82) is 0 Å². The zero-order chi connectivity index (χ0) is 12.7. The van der Waals surface area contributed by atoms with E-state index in [0.717, 1.165) is 5.56 Å². The molecule has 92 valence electrons. The molecule has 0 fully saturated rings. The van der Waals surface area contributed by atoms with Gasteiger partial charge in [0.15, 0.2) is 0 Å². The number of ether oxygens (including phenoxy) is 2. The van der Waals surface area contributed by atoms with Crippen LogP contribution in [0.3, 0.4) is 0 Å². The van der Waals surface area contributed by atoms with Crippen molar-refractivity contribution < 1.29 is 14.3 Å². The van der Waals surface area contributed by atoms with Gasteiger partial charge in [-0.05, 0) is 5.56 Å². The molecule has 1 aromatic carbocycles. The lowest BCUT2D eigenvalue weighted by Gasteiger charge is -2.11. The fourth-order valence-corrected chi connectivity index (χ4v) is 1.22. The predicted molar refractivity (Wildman–Crippen MR) is 65.0 cm³/mol. The molecule has 0 atom stereocenters. The van der Waals surface area contributed by atoms with E-state index in [4.69, 9.17) is 4.74 Å². The number of methoxy groups -OCH3 is 1. The normalized spacial score (nSPS) is 10.9. The molecule has 1 aromatic rings. The summed E-state index contributed by atoms with van der Waals surface area (Å²) in [6.07, 6.45) is 1.59. The maximum Gasteiger partial charge on any atom is 0.374 e. The fraction of sp³-hybridized carbons (Fsp3) is 0.308. The van der Waals surface area contributed by atoms with Gasteiger partial charge in [0.05, 0.1) is 7.11 Å². The van der Waals surface area contributed by atoms with Gasteiger partial charge in [-0.25, -0.2) is 4.79 Å². The maximum absolute atomic E-state index is 11.4. The molecule has 4 heteroatoms. The van der Waals surface area contributed by atoms with Crippen LogP contribution in [0.5, 0.6) is 0 Å². The zero-order valence-corrected chi connectivity index (χ0v) is 10.3. The van der Waals surface area contributed by atoms with Crippen LogP contribution in [0.4, 0.5) is 0 Å². The van der Waals surface area contributed by atoms with Gasteiger partial charge >= 0.3 is 5.97 Å². The first kappa shape index (κ1) is 13.1. The van der Waals surface area contributed by atoms with Crippen molar-refractivity contribution in [2.75, 3.05) is 21.2 Å². The molecule has 0 heterocycles. The molecule has 4 nitrogen and oxygen atoms in total. The van der Waals surface area contributed by atoms with Gasteiger partial charge in [-0.1, -0.05) is 30.3 Å². The Morgan fingerprint density at radius 2 is 1.94 bits per heavy atom. The smallest absolute Gasteiger partial charge is 0.374 e. The third-order valence-corrected chi connectivity index (χ3v) is 2.00. The molecule has 0 bridgehead atoms. The van der Waals surface area contributed by atoms with Crippen LogP contribution in [-0.4, -0.2) is 32.1 Å². The molecule has 0 aliphatic carbocycles. The van der Waals surface area contributed by atoms with Gasteiger partial charge in [-0.3, -0.25) is 0 Å². The van der Waals surface area contributed by atoms with E-state index in [1.807, 2.05) is 44.4 Å². The zero-order valence-electron chi connectivity index (χ0n) is 10.3. The molecule has 1 rings (SSSR count). The van der Waals surface area contributed by atoms with Crippen molar-refractivity contribution in [3.63, 3.8) is 0 Å². The molecule has 0 aliphatic heterocycles. The molecule has 0 aromatic heterocycles. The van der Waals surface area contributed by atoms with Gasteiger partial charge in [0.2, 0.25) is 5.76 Å². The van der Waals surface area contributed by atoms with Crippen LogP contribution in [0.15, 0.2) is 42.3 Å². The first-order valence-corrected chi connectivity index (χ1v) is 5.26. The van der Waals surface area contributed by atoms with Crippen molar-refractivity contribution >= 4 is 5.97 Å². The second-order valence-electron chi connectivity index (χ2n) is 3.72. The Morgan fingerprint density at radius 3 is 2.47 bits per heavy atom. The summed E-state index contributed by atoms with van der Waals surface area (Å²) in [6, 6.07) is 9.65. The Morgan fingerprint density at radius 1 is 1.29 bits per heavy atom. The van der Waals surface area contributed by atoms with Crippen LogP contribution in [0.2, 0.25) is 0 Å². The minimum Gasteiger partial charge on any atom is -0.481 e. The largest absolute Gasteiger partial charge is 0.481 e. The third kappa shape index (κ3) is 4.59. The number of benzene rings is 1. The summed E-state index contributed by atoms with van der Waals surface area (Å²) in [6.45, 7) is 0.343. The first-order valence-electron chi connectivity index (χ1n) is 5.26. The molecule has 17 heavy (non-hydrogen) atoms. The highest BCUT2D eigenvalue weighted by Crippen LogP contribution is 2.07. The van der Waals surface area contributed by atoms with E-state index in [2.05, 4.69) is 4.74 Å². The van der Waals surface area contributed by atoms with Crippen molar-refractivity contribution in [2.45, 2.75) is 6.61 Å². The third-order valence-electron chi connectivity index (χ3n) is 2.00. The molecular formula is C13H17NO3. The monoisotopic (exact) mass is 235 g/mol. The van der Waals surface area contributed by atoms with Crippen LogP contribution < -0.4 is 0 Å². The van der Waals surface area contributed by atoms with Gasteiger partial charge in [0.25, 0.3) is 0 Å². The van der Waals surface area contributed by atoms with Crippen molar-refractivity contribution in [2.24, 2.45) is 0 Å². The number of carbonyl (C=O) groups is 1. The highest BCUT2D eigenvalue weighted by Gasteiger charge is 2.11. The molecule has 0 aliphatic rings. The molecule has 0 radical (unpaired) electrons. The van der Waals surface area contributed by atoms with Crippen LogP contribution in [0.1, 0.15) is 5.56 Å². The van der Waals surface area contributed by atoms with Gasteiger partial charge in [-0.2, -0.15) is 0 Å². The highest BCUT2D eigenvalue weighted by atomic mass is 16.6. The van der Waals surface area contributed by atoms with Gasteiger partial charge in [0, 0.05) is 20.3 Å². The Hall–Kier alpha value is -1.97. The first-order chi connectivity index (χ1) is 8.13. The standard InChI is InChI=1S/C13H17NO3/c1-14(2)9-12(13(15)16-3)17-10-11-7-5-4-6-8-11/h4-9H,10H2,1-3H3/b12-9-. The van der Waals surface area contributed by atoms with Gasteiger partial charge < -0.3 is 14.4 Å². The summed E-state index contributed by atoms with van der Waals surface area (Å²) in [5, 5.41) is 0. The van der Waals surface area contributed by atoms with Crippen molar-refractivity contribution in [1.82, 2.24) is 4.90 Å². The second-order valence-corrected chi connectivity index (χ2v) is 3.72. The summed E-state index contributed by atoms with van der Waals surface area (Å²) >= 11 is 0. The summed E-state index contributed by atoms with van der Waals surface area (Å²) < 4.78 is 10.1. The van der Waals surface area contributed by atoms with E-state index in [9.17, 15) is 4.79 Å². The van der Waals surface area contributed by atoms with Crippen LogP contribution >= 0.6 is 0 Å². The quantitative estimate of drug-likeness (QED) is 0.443. The topological polar surface area (TPSA) is 38.8 Å².